The molecule has 4 nitrogen and oxygen atoms in total. The van der Waals surface area contributed by atoms with Gasteiger partial charge < -0.3 is 5.11 Å². The minimum atomic E-state index is -4.49. The van der Waals surface area contributed by atoms with E-state index in [0.717, 1.165) is 11.6 Å². The highest BCUT2D eigenvalue weighted by Gasteiger charge is 2.34. The Labute approximate surface area is 150 Å². The van der Waals surface area contributed by atoms with Crippen molar-refractivity contribution in [2.45, 2.75) is 31.6 Å². The van der Waals surface area contributed by atoms with E-state index >= 15 is 0 Å². The fourth-order valence-corrected chi connectivity index (χ4v) is 3.16. The SMILES string of the molecule is [2H]C1(O)CCN(Cc2ccc(-c3cc(C(F)(F)F)nn3C)cc2Cl)CC1. The fraction of sp³-hybridized carbons (Fsp3) is 0.471. The number of aromatic nitrogens is 2. The van der Waals surface area contributed by atoms with Crippen LogP contribution in [0.15, 0.2) is 24.3 Å². The maximum atomic E-state index is 12.8. The molecule has 8 heteroatoms. The van der Waals surface area contributed by atoms with Gasteiger partial charge in [0.1, 0.15) is 0 Å². The zero-order valence-corrected chi connectivity index (χ0v) is 14.4. The maximum Gasteiger partial charge on any atom is 0.435 e. The van der Waals surface area contributed by atoms with Crippen molar-refractivity contribution in [1.82, 2.24) is 14.7 Å². The van der Waals surface area contributed by atoms with Gasteiger partial charge in [-0.2, -0.15) is 18.3 Å². The number of likely N-dealkylation sites (tertiary alicyclic amines) is 1. The standard InChI is InChI=1S/C17H19ClF3N3O/c1-23-15(9-16(22-23)17(19,20)21)11-2-3-12(14(18)8-11)10-24-6-4-13(25)5-7-24/h2-3,8-9,13,25H,4-7,10H2,1H3/i13D. The van der Waals surface area contributed by atoms with Gasteiger partial charge in [-0.25, -0.2) is 0 Å². The van der Waals surface area contributed by atoms with Crippen molar-refractivity contribution in [2.75, 3.05) is 13.1 Å². The first-order valence-electron chi connectivity index (χ1n) is 8.40. The molecule has 1 fully saturated rings. The summed E-state index contributed by atoms with van der Waals surface area (Å²) in [6.45, 7) is 1.75. The highest BCUT2D eigenvalue weighted by Crippen LogP contribution is 2.33. The van der Waals surface area contributed by atoms with Crippen LogP contribution in [-0.4, -0.2) is 39.0 Å². The number of rotatable bonds is 3. The second-order valence-electron chi connectivity index (χ2n) is 6.18. The summed E-state index contributed by atoms with van der Waals surface area (Å²) in [4.78, 5) is 2.09. The van der Waals surface area contributed by atoms with E-state index in [0.29, 0.717) is 48.8 Å². The summed E-state index contributed by atoms with van der Waals surface area (Å²) in [5.41, 5.74) is 0.807. The molecular weight excluding hydrogens is 355 g/mol. The van der Waals surface area contributed by atoms with Crippen LogP contribution >= 0.6 is 11.6 Å². The summed E-state index contributed by atoms with van der Waals surface area (Å²) in [6, 6.07) is 6.16. The Morgan fingerprint density at radius 3 is 2.56 bits per heavy atom. The Kier molecular flexibility index (Phi) is 4.71. The molecule has 1 saturated heterocycles. The number of benzene rings is 1. The quantitative estimate of drug-likeness (QED) is 0.890. The van der Waals surface area contributed by atoms with E-state index in [1.165, 1.54) is 11.7 Å². The monoisotopic (exact) mass is 374 g/mol. The number of hydrogen-bond acceptors (Lipinski definition) is 3. The molecule has 2 aromatic rings. The first-order chi connectivity index (χ1) is 12.0. The summed E-state index contributed by atoms with van der Waals surface area (Å²) in [6.07, 6.45) is -5.11. The number of aryl methyl sites for hydroxylation is 1. The molecule has 136 valence electrons. The Morgan fingerprint density at radius 2 is 2.00 bits per heavy atom. The Morgan fingerprint density at radius 1 is 1.32 bits per heavy atom. The Hall–Kier alpha value is -1.57. The molecule has 0 radical (unpaired) electrons. The van der Waals surface area contributed by atoms with Gasteiger partial charge in [-0.3, -0.25) is 9.58 Å². The summed E-state index contributed by atoms with van der Waals surface area (Å²) >= 11 is 6.34. The van der Waals surface area contributed by atoms with Crippen LogP contribution < -0.4 is 0 Å². The summed E-state index contributed by atoms with van der Waals surface area (Å²) in [5.74, 6) is 0. The molecular formula is C17H19ClF3N3O. The Balaban J connectivity index is 1.77. The lowest BCUT2D eigenvalue weighted by atomic mass is 10.1. The van der Waals surface area contributed by atoms with E-state index in [4.69, 9.17) is 13.0 Å². The van der Waals surface area contributed by atoms with E-state index in [1.54, 1.807) is 18.2 Å². The number of piperidine rings is 1. The first kappa shape index (κ1) is 16.9. The minimum absolute atomic E-state index is 0.336. The van der Waals surface area contributed by atoms with E-state index in [-0.39, 0.29) is 0 Å². The van der Waals surface area contributed by atoms with Crippen LogP contribution in [-0.2, 0) is 19.8 Å². The molecule has 3 rings (SSSR count). The number of halogens is 4. The van der Waals surface area contributed by atoms with Gasteiger partial charge >= 0.3 is 6.18 Å². The van der Waals surface area contributed by atoms with E-state index in [1.807, 2.05) is 0 Å². The zero-order valence-electron chi connectivity index (χ0n) is 14.6. The molecule has 0 amide bonds. The van der Waals surface area contributed by atoms with Crippen molar-refractivity contribution in [2.24, 2.45) is 7.05 Å². The second kappa shape index (κ2) is 6.97. The molecule has 2 heterocycles. The number of alkyl halides is 3. The van der Waals surface area contributed by atoms with E-state index < -0.39 is 18.0 Å². The van der Waals surface area contributed by atoms with Crippen LogP contribution in [0, 0.1) is 0 Å². The van der Waals surface area contributed by atoms with Gasteiger partial charge in [-0.05, 0) is 30.5 Å². The number of aliphatic hydroxyl groups is 1. The van der Waals surface area contributed by atoms with Crippen LogP contribution in [0.25, 0.3) is 11.3 Å². The smallest absolute Gasteiger partial charge is 0.393 e. The fourth-order valence-electron chi connectivity index (χ4n) is 2.92. The maximum absolute atomic E-state index is 12.8. The lowest BCUT2D eigenvalue weighted by Gasteiger charge is -2.29. The van der Waals surface area contributed by atoms with Crippen molar-refractivity contribution < 1.29 is 19.6 Å². The number of nitrogens with zero attached hydrogens (tertiary/aromatic N) is 3. The van der Waals surface area contributed by atoms with Crippen molar-refractivity contribution >= 4 is 11.6 Å². The van der Waals surface area contributed by atoms with Crippen LogP contribution in [0.2, 0.25) is 5.02 Å². The lowest BCUT2D eigenvalue weighted by Crippen LogP contribution is -2.35. The lowest BCUT2D eigenvalue weighted by molar-refractivity contribution is -0.141. The second-order valence-corrected chi connectivity index (χ2v) is 6.59. The molecule has 0 aliphatic carbocycles. The van der Waals surface area contributed by atoms with Gasteiger partial charge in [0.15, 0.2) is 5.69 Å². The van der Waals surface area contributed by atoms with Crippen LogP contribution in [0.5, 0.6) is 0 Å². The molecule has 1 aromatic carbocycles. The van der Waals surface area contributed by atoms with Crippen molar-refractivity contribution in [1.29, 1.82) is 0 Å². The molecule has 0 spiro atoms. The predicted octanol–water partition coefficient (Wildman–Crippen LogP) is 3.72. The number of hydrogen-bond donors (Lipinski definition) is 1. The van der Waals surface area contributed by atoms with Gasteiger partial charge in [0.05, 0.1) is 13.1 Å². The van der Waals surface area contributed by atoms with Crippen LogP contribution in [0.1, 0.15) is 25.5 Å². The topological polar surface area (TPSA) is 41.3 Å². The van der Waals surface area contributed by atoms with Crippen molar-refractivity contribution in [3.05, 3.63) is 40.5 Å². The summed E-state index contributed by atoms with van der Waals surface area (Å²) in [5, 5.41) is 13.7. The van der Waals surface area contributed by atoms with Gasteiger partial charge in [-0.1, -0.05) is 23.7 Å². The normalized spacial score (nSPS) is 19.0. The molecule has 0 bridgehead atoms. The third kappa shape index (κ3) is 4.16. The Bertz CT molecular complexity index is 797. The van der Waals surface area contributed by atoms with Crippen LogP contribution in [0.3, 0.4) is 0 Å². The molecule has 1 aliphatic rings. The molecule has 1 N–H and O–H groups in total. The average molecular weight is 375 g/mol. The molecule has 0 unspecified atom stereocenters. The highest BCUT2D eigenvalue weighted by molar-refractivity contribution is 6.31. The molecule has 0 saturated carbocycles. The average Bonchev–Trinajstić information content (AvgIpc) is 2.93. The zero-order chi connectivity index (χ0) is 19.1. The summed E-state index contributed by atoms with van der Waals surface area (Å²) in [7, 11) is 1.46. The van der Waals surface area contributed by atoms with E-state index in [2.05, 4.69) is 10.00 Å². The molecule has 1 aliphatic heterocycles. The predicted molar refractivity (Wildman–Crippen MR) is 89.2 cm³/mol. The highest BCUT2D eigenvalue weighted by atomic mass is 35.5. The third-order valence-corrected chi connectivity index (χ3v) is 4.70. The van der Waals surface area contributed by atoms with Crippen molar-refractivity contribution in [3.8, 4) is 11.3 Å². The largest absolute Gasteiger partial charge is 0.435 e. The van der Waals surface area contributed by atoms with E-state index in [9.17, 15) is 18.3 Å². The third-order valence-electron chi connectivity index (χ3n) is 4.35. The van der Waals surface area contributed by atoms with Crippen LogP contribution in [0.4, 0.5) is 13.2 Å². The molecule has 25 heavy (non-hydrogen) atoms. The van der Waals surface area contributed by atoms with Gasteiger partial charge in [0, 0.05) is 37.3 Å². The molecule has 1 aromatic heterocycles. The summed E-state index contributed by atoms with van der Waals surface area (Å²) < 4.78 is 47.3. The molecule has 0 atom stereocenters. The first-order valence-corrected chi connectivity index (χ1v) is 8.28. The van der Waals surface area contributed by atoms with Crippen molar-refractivity contribution in [3.63, 3.8) is 0 Å². The van der Waals surface area contributed by atoms with Gasteiger partial charge in [-0.15, -0.1) is 0 Å². The van der Waals surface area contributed by atoms with Gasteiger partial charge in [0.2, 0.25) is 0 Å². The van der Waals surface area contributed by atoms with Gasteiger partial charge in [0.25, 0.3) is 0 Å². The minimum Gasteiger partial charge on any atom is -0.393 e.